The molecule has 0 unspecified atom stereocenters. The van der Waals surface area contributed by atoms with E-state index in [0.29, 0.717) is 5.69 Å². The zero-order valence-corrected chi connectivity index (χ0v) is 14.1. The molecule has 0 aliphatic carbocycles. The molecule has 0 saturated carbocycles. The highest BCUT2D eigenvalue weighted by molar-refractivity contribution is 14.1. The topological polar surface area (TPSA) is 84.9 Å². The molecule has 0 atom stereocenters. The molecule has 1 amide bonds. The SMILES string of the molecule is O=C(COC(=O)COc1ccccc1O)Nc1ccc(I)cc1. The number of ether oxygens (including phenoxy) is 2. The van der Waals surface area contributed by atoms with E-state index in [1.807, 2.05) is 12.1 Å². The monoisotopic (exact) mass is 427 g/mol. The number of halogens is 1. The molecule has 2 N–H and O–H groups in total. The lowest BCUT2D eigenvalue weighted by molar-refractivity contribution is -0.149. The minimum Gasteiger partial charge on any atom is -0.504 e. The quantitative estimate of drug-likeness (QED) is 0.547. The largest absolute Gasteiger partial charge is 0.504 e. The molecule has 0 saturated heterocycles. The van der Waals surface area contributed by atoms with Crippen LogP contribution >= 0.6 is 22.6 Å². The Labute approximate surface area is 146 Å². The Hall–Kier alpha value is -2.29. The zero-order valence-electron chi connectivity index (χ0n) is 12.0. The van der Waals surface area contributed by atoms with Gasteiger partial charge in [-0.05, 0) is 59.0 Å². The van der Waals surface area contributed by atoms with Crippen LogP contribution in [0.1, 0.15) is 0 Å². The van der Waals surface area contributed by atoms with Crippen LogP contribution in [0.5, 0.6) is 11.5 Å². The maximum atomic E-state index is 11.7. The Bertz CT molecular complexity index is 687. The van der Waals surface area contributed by atoms with Crippen LogP contribution < -0.4 is 10.1 Å². The van der Waals surface area contributed by atoms with Crippen molar-refractivity contribution in [3.05, 3.63) is 52.1 Å². The standard InChI is InChI=1S/C16H14INO5/c17-11-5-7-12(8-6-11)18-15(20)9-23-16(21)10-22-14-4-2-1-3-13(14)19/h1-8,19H,9-10H2,(H,18,20). The summed E-state index contributed by atoms with van der Waals surface area (Å²) in [6.07, 6.45) is 0. The van der Waals surface area contributed by atoms with Crippen LogP contribution in [0.4, 0.5) is 5.69 Å². The van der Waals surface area contributed by atoms with Crippen LogP contribution in [0.15, 0.2) is 48.5 Å². The molecule has 0 spiro atoms. The zero-order chi connectivity index (χ0) is 16.7. The second-order valence-corrected chi connectivity index (χ2v) is 5.72. The number of carbonyl (C=O) groups is 2. The van der Waals surface area contributed by atoms with Crippen molar-refractivity contribution >= 4 is 40.2 Å². The van der Waals surface area contributed by atoms with Gasteiger partial charge in [-0.2, -0.15) is 0 Å². The van der Waals surface area contributed by atoms with Gasteiger partial charge in [0.05, 0.1) is 0 Å². The van der Waals surface area contributed by atoms with Crippen LogP contribution in [-0.4, -0.2) is 30.2 Å². The summed E-state index contributed by atoms with van der Waals surface area (Å²) < 4.78 is 11.0. The fraction of sp³-hybridized carbons (Fsp3) is 0.125. The summed E-state index contributed by atoms with van der Waals surface area (Å²) in [4.78, 5) is 23.2. The van der Waals surface area contributed by atoms with Crippen LogP contribution in [-0.2, 0) is 14.3 Å². The van der Waals surface area contributed by atoms with Gasteiger partial charge in [0.15, 0.2) is 24.7 Å². The number of esters is 1. The molecule has 23 heavy (non-hydrogen) atoms. The highest BCUT2D eigenvalue weighted by atomic mass is 127. The van der Waals surface area contributed by atoms with Crippen molar-refractivity contribution in [1.29, 1.82) is 0 Å². The van der Waals surface area contributed by atoms with Gasteiger partial charge in [0, 0.05) is 9.26 Å². The van der Waals surface area contributed by atoms with Crippen LogP contribution in [0, 0.1) is 3.57 Å². The van der Waals surface area contributed by atoms with E-state index in [4.69, 9.17) is 9.47 Å². The third kappa shape index (κ3) is 5.78. The van der Waals surface area contributed by atoms with Crippen molar-refractivity contribution in [2.24, 2.45) is 0 Å². The number of phenols is 1. The first-order chi connectivity index (χ1) is 11.0. The maximum absolute atomic E-state index is 11.7. The average molecular weight is 427 g/mol. The van der Waals surface area contributed by atoms with Crippen molar-refractivity contribution < 1.29 is 24.2 Å². The summed E-state index contributed by atoms with van der Waals surface area (Å²) in [5, 5.41) is 12.1. The molecular formula is C16H14INO5. The number of amides is 1. The molecule has 0 heterocycles. The van der Waals surface area contributed by atoms with E-state index in [1.54, 1.807) is 24.3 Å². The van der Waals surface area contributed by atoms with Gasteiger partial charge < -0.3 is 19.9 Å². The average Bonchev–Trinajstić information content (AvgIpc) is 2.54. The van der Waals surface area contributed by atoms with Crippen molar-refractivity contribution in [3.63, 3.8) is 0 Å². The van der Waals surface area contributed by atoms with E-state index in [1.165, 1.54) is 12.1 Å². The molecule has 2 aromatic carbocycles. The van der Waals surface area contributed by atoms with Crippen molar-refractivity contribution in [3.8, 4) is 11.5 Å². The van der Waals surface area contributed by atoms with E-state index in [0.717, 1.165) is 3.57 Å². The van der Waals surface area contributed by atoms with E-state index < -0.39 is 25.1 Å². The van der Waals surface area contributed by atoms with Gasteiger partial charge in [-0.15, -0.1) is 0 Å². The predicted molar refractivity (Wildman–Crippen MR) is 92.3 cm³/mol. The summed E-state index contributed by atoms with van der Waals surface area (Å²) in [5.41, 5.74) is 0.622. The third-order valence-electron chi connectivity index (χ3n) is 2.70. The summed E-state index contributed by atoms with van der Waals surface area (Å²) in [7, 11) is 0. The van der Waals surface area contributed by atoms with Crippen molar-refractivity contribution in [2.45, 2.75) is 0 Å². The van der Waals surface area contributed by atoms with E-state index in [-0.39, 0.29) is 11.5 Å². The van der Waals surface area contributed by atoms with Crippen LogP contribution in [0.25, 0.3) is 0 Å². The van der Waals surface area contributed by atoms with E-state index >= 15 is 0 Å². The Morgan fingerprint density at radius 3 is 2.43 bits per heavy atom. The first kappa shape index (κ1) is 17.1. The fourth-order valence-electron chi connectivity index (χ4n) is 1.63. The van der Waals surface area contributed by atoms with E-state index in [2.05, 4.69) is 27.9 Å². The van der Waals surface area contributed by atoms with Crippen molar-refractivity contribution in [2.75, 3.05) is 18.5 Å². The lowest BCUT2D eigenvalue weighted by Gasteiger charge is -2.08. The number of carbonyl (C=O) groups excluding carboxylic acids is 2. The van der Waals surface area contributed by atoms with Gasteiger partial charge in [-0.1, -0.05) is 12.1 Å². The third-order valence-corrected chi connectivity index (χ3v) is 3.42. The predicted octanol–water partition coefficient (Wildman–Crippen LogP) is 2.56. The number of aromatic hydroxyl groups is 1. The minimum atomic E-state index is -0.703. The molecule has 2 aromatic rings. The summed E-state index contributed by atoms with van der Waals surface area (Å²) in [5.74, 6) is -1.04. The van der Waals surface area contributed by atoms with Gasteiger partial charge in [0.25, 0.3) is 5.91 Å². The van der Waals surface area contributed by atoms with Gasteiger partial charge in [0.2, 0.25) is 0 Å². The van der Waals surface area contributed by atoms with Crippen molar-refractivity contribution in [1.82, 2.24) is 0 Å². The number of hydrogen-bond acceptors (Lipinski definition) is 5. The number of anilines is 1. The van der Waals surface area contributed by atoms with Gasteiger partial charge in [-0.3, -0.25) is 4.79 Å². The molecule has 0 aromatic heterocycles. The number of rotatable bonds is 6. The number of hydrogen-bond donors (Lipinski definition) is 2. The molecule has 0 aliphatic heterocycles. The lowest BCUT2D eigenvalue weighted by atomic mass is 10.3. The van der Waals surface area contributed by atoms with Gasteiger partial charge in [0.1, 0.15) is 0 Å². The summed E-state index contributed by atoms with van der Waals surface area (Å²) >= 11 is 2.16. The van der Waals surface area contributed by atoms with E-state index in [9.17, 15) is 14.7 Å². The number of benzene rings is 2. The Morgan fingerprint density at radius 2 is 1.74 bits per heavy atom. The number of para-hydroxylation sites is 2. The Morgan fingerprint density at radius 1 is 1.04 bits per heavy atom. The first-order valence-electron chi connectivity index (χ1n) is 6.66. The lowest BCUT2D eigenvalue weighted by Crippen LogP contribution is -2.23. The smallest absolute Gasteiger partial charge is 0.344 e. The minimum absolute atomic E-state index is 0.0725. The summed E-state index contributed by atoms with van der Waals surface area (Å²) in [6.45, 7) is -0.802. The first-order valence-corrected chi connectivity index (χ1v) is 7.74. The Kier molecular flexibility index (Phi) is 6.21. The van der Waals surface area contributed by atoms with Crippen LogP contribution in [0.2, 0.25) is 0 Å². The fourth-order valence-corrected chi connectivity index (χ4v) is 1.99. The molecule has 7 heteroatoms. The molecule has 2 rings (SSSR count). The molecule has 0 radical (unpaired) electrons. The second-order valence-electron chi connectivity index (χ2n) is 4.47. The van der Waals surface area contributed by atoms with Crippen LogP contribution in [0.3, 0.4) is 0 Å². The summed E-state index contributed by atoms with van der Waals surface area (Å²) in [6, 6.07) is 13.5. The molecule has 120 valence electrons. The molecule has 0 bridgehead atoms. The van der Waals surface area contributed by atoms with Gasteiger partial charge in [-0.25, -0.2) is 4.79 Å². The Balaban J connectivity index is 1.72. The molecule has 6 nitrogen and oxygen atoms in total. The molecular weight excluding hydrogens is 413 g/mol. The normalized spacial score (nSPS) is 9.96. The van der Waals surface area contributed by atoms with Gasteiger partial charge >= 0.3 is 5.97 Å². The maximum Gasteiger partial charge on any atom is 0.344 e. The highest BCUT2D eigenvalue weighted by Gasteiger charge is 2.10. The highest BCUT2D eigenvalue weighted by Crippen LogP contribution is 2.24. The number of phenolic OH excluding ortho intramolecular Hbond substituents is 1. The number of nitrogens with one attached hydrogen (secondary N) is 1. The molecule has 0 fully saturated rings. The second kappa shape index (κ2) is 8.37. The molecule has 0 aliphatic rings.